The van der Waals surface area contributed by atoms with Gasteiger partial charge in [0.2, 0.25) is 0 Å². The molecular formula is C19H18N2OS. The van der Waals surface area contributed by atoms with Crippen LogP contribution in [-0.4, -0.2) is 22.3 Å². The molecule has 0 saturated heterocycles. The number of benzene rings is 1. The van der Waals surface area contributed by atoms with Gasteiger partial charge >= 0.3 is 0 Å². The Morgan fingerprint density at radius 3 is 2.52 bits per heavy atom. The van der Waals surface area contributed by atoms with E-state index in [1.165, 1.54) is 16.9 Å². The van der Waals surface area contributed by atoms with Gasteiger partial charge in [-0.1, -0.05) is 42.5 Å². The van der Waals surface area contributed by atoms with Crippen LogP contribution in [0.25, 0.3) is 0 Å². The molecular weight excluding hydrogens is 304 g/mol. The Morgan fingerprint density at radius 2 is 1.83 bits per heavy atom. The van der Waals surface area contributed by atoms with Gasteiger partial charge in [-0.2, -0.15) is 0 Å². The van der Waals surface area contributed by atoms with Gasteiger partial charge < -0.3 is 4.90 Å². The Hall–Kier alpha value is -2.46. The lowest BCUT2D eigenvalue weighted by Crippen LogP contribution is -2.32. The number of hydrogen-bond donors (Lipinski definition) is 0. The fourth-order valence-corrected chi connectivity index (χ4v) is 3.10. The van der Waals surface area contributed by atoms with E-state index in [-0.39, 0.29) is 5.91 Å². The number of hydrogen-bond acceptors (Lipinski definition) is 3. The van der Waals surface area contributed by atoms with E-state index in [0.29, 0.717) is 13.1 Å². The Labute approximate surface area is 140 Å². The zero-order valence-corrected chi connectivity index (χ0v) is 13.6. The molecule has 2 heterocycles. The first-order valence-electron chi connectivity index (χ1n) is 7.59. The second-order valence-corrected chi connectivity index (χ2v) is 6.21. The van der Waals surface area contributed by atoms with Crippen LogP contribution < -0.4 is 0 Å². The summed E-state index contributed by atoms with van der Waals surface area (Å²) in [5.41, 5.74) is 2.14. The topological polar surface area (TPSA) is 33.2 Å². The van der Waals surface area contributed by atoms with Crippen molar-refractivity contribution in [2.45, 2.75) is 13.0 Å². The smallest absolute Gasteiger partial charge is 0.264 e. The van der Waals surface area contributed by atoms with Crippen LogP contribution in [0.15, 0.2) is 72.2 Å². The van der Waals surface area contributed by atoms with E-state index in [0.717, 1.165) is 17.0 Å². The van der Waals surface area contributed by atoms with Crippen molar-refractivity contribution >= 4 is 17.2 Å². The molecule has 0 N–H and O–H groups in total. The highest BCUT2D eigenvalue weighted by Crippen LogP contribution is 2.15. The molecule has 0 saturated carbocycles. The highest BCUT2D eigenvalue weighted by molar-refractivity contribution is 7.12. The van der Waals surface area contributed by atoms with Crippen LogP contribution in [0.5, 0.6) is 0 Å². The van der Waals surface area contributed by atoms with Gasteiger partial charge in [0.25, 0.3) is 5.91 Å². The zero-order chi connectivity index (χ0) is 15.9. The predicted octanol–water partition coefficient (Wildman–Crippen LogP) is 4.03. The summed E-state index contributed by atoms with van der Waals surface area (Å²) in [7, 11) is 0. The van der Waals surface area contributed by atoms with Gasteiger partial charge in [-0.3, -0.25) is 9.78 Å². The lowest BCUT2D eigenvalue weighted by atomic mass is 10.1. The molecule has 1 aromatic carbocycles. The summed E-state index contributed by atoms with van der Waals surface area (Å²) in [4.78, 5) is 19.7. The molecule has 0 aliphatic carbocycles. The van der Waals surface area contributed by atoms with Gasteiger partial charge in [0, 0.05) is 12.7 Å². The minimum atomic E-state index is 0.0709. The van der Waals surface area contributed by atoms with Crippen molar-refractivity contribution in [2.24, 2.45) is 0 Å². The number of amides is 1. The standard InChI is InChI=1S/C19H18N2OS/c22-19(18-10-6-14-23-18)21(15-17-9-4-5-12-20-17)13-11-16-7-2-1-3-8-16/h1-10,12,14H,11,13,15H2. The molecule has 0 aliphatic heterocycles. The molecule has 0 aliphatic rings. The van der Waals surface area contributed by atoms with Crippen molar-refractivity contribution in [3.63, 3.8) is 0 Å². The van der Waals surface area contributed by atoms with Crippen LogP contribution in [0.4, 0.5) is 0 Å². The molecule has 3 aromatic rings. The molecule has 23 heavy (non-hydrogen) atoms. The minimum absolute atomic E-state index is 0.0709. The molecule has 0 atom stereocenters. The number of pyridine rings is 1. The molecule has 0 unspecified atom stereocenters. The number of aromatic nitrogens is 1. The fourth-order valence-electron chi connectivity index (χ4n) is 2.40. The first-order valence-corrected chi connectivity index (χ1v) is 8.47. The third kappa shape index (κ3) is 4.27. The first kappa shape index (κ1) is 15.4. The quantitative estimate of drug-likeness (QED) is 0.686. The normalized spacial score (nSPS) is 10.4. The summed E-state index contributed by atoms with van der Waals surface area (Å²) in [6.45, 7) is 1.21. The van der Waals surface area contributed by atoms with Crippen molar-refractivity contribution in [1.82, 2.24) is 9.88 Å². The Balaban J connectivity index is 1.74. The second kappa shape index (κ2) is 7.70. The van der Waals surface area contributed by atoms with Crippen LogP contribution in [0, 0.1) is 0 Å². The third-order valence-corrected chi connectivity index (χ3v) is 4.47. The minimum Gasteiger partial charge on any atom is -0.332 e. The Bertz CT molecular complexity index is 727. The molecule has 0 spiro atoms. The monoisotopic (exact) mass is 322 g/mol. The molecule has 0 fully saturated rings. The second-order valence-electron chi connectivity index (χ2n) is 5.26. The van der Waals surface area contributed by atoms with E-state index < -0.39 is 0 Å². The third-order valence-electron chi connectivity index (χ3n) is 3.61. The number of thiophene rings is 1. The largest absolute Gasteiger partial charge is 0.332 e. The van der Waals surface area contributed by atoms with Crippen molar-refractivity contribution in [3.8, 4) is 0 Å². The lowest BCUT2D eigenvalue weighted by Gasteiger charge is -2.22. The van der Waals surface area contributed by atoms with Gasteiger partial charge in [-0.15, -0.1) is 11.3 Å². The number of carbonyl (C=O) groups excluding carboxylic acids is 1. The summed E-state index contributed by atoms with van der Waals surface area (Å²) in [5.74, 6) is 0.0709. The van der Waals surface area contributed by atoms with Crippen molar-refractivity contribution < 1.29 is 4.79 Å². The number of rotatable bonds is 6. The van der Waals surface area contributed by atoms with Crippen molar-refractivity contribution in [3.05, 3.63) is 88.4 Å². The maximum absolute atomic E-state index is 12.7. The molecule has 3 nitrogen and oxygen atoms in total. The predicted molar refractivity (Wildman–Crippen MR) is 93.4 cm³/mol. The Morgan fingerprint density at radius 1 is 1.00 bits per heavy atom. The molecule has 0 radical (unpaired) electrons. The molecule has 1 amide bonds. The molecule has 3 rings (SSSR count). The highest BCUT2D eigenvalue weighted by atomic mass is 32.1. The first-order chi connectivity index (χ1) is 11.3. The van der Waals surface area contributed by atoms with Gasteiger partial charge in [0.05, 0.1) is 17.1 Å². The van der Waals surface area contributed by atoms with E-state index in [1.54, 1.807) is 6.20 Å². The van der Waals surface area contributed by atoms with Gasteiger partial charge in [0.1, 0.15) is 0 Å². The summed E-state index contributed by atoms with van der Waals surface area (Å²) in [6.07, 6.45) is 2.60. The molecule has 116 valence electrons. The van der Waals surface area contributed by atoms with Crippen LogP contribution >= 0.6 is 11.3 Å². The van der Waals surface area contributed by atoms with Gasteiger partial charge in [-0.25, -0.2) is 0 Å². The van der Waals surface area contributed by atoms with E-state index in [9.17, 15) is 4.79 Å². The van der Waals surface area contributed by atoms with E-state index >= 15 is 0 Å². The lowest BCUT2D eigenvalue weighted by molar-refractivity contribution is 0.0748. The van der Waals surface area contributed by atoms with Crippen LogP contribution in [-0.2, 0) is 13.0 Å². The van der Waals surface area contributed by atoms with E-state index in [2.05, 4.69) is 17.1 Å². The van der Waals surface area contributed by atoms with Crippen LogP contribution in [0.1, 0.15) is 20.9 Å². The summed E-state index contributed by atoms with van der Waals surface area (Å²) >= 11 is 1.48. The number of nitrogens with zero attached hydrogens (tertiary/aromatic N) is 2. The molecule has 4 heteroatoms. The summed E-state index contributed by atoms with van der Waals surface area (Å²) in [5, 5.41) is 1.93. The van der Waals surface area contributed by atoms with Gasteiger partial charge in [-0.05, 0) is 35.6 Å². The fraction of sp³-hybridized carbons (Fsp3) is 0.158. The maximum Gasteiger partial charge on any atom is 0.264 e. The molecule has 2 aromatic heterocycles. The van der Waals surface area contributed by atoms with Crippen LogP contribution in [0.2, 0.25) is 0 Å². The maximum atomic E-state index is 12.7. The zero-order valence-electron chi connectivity index (χ0n) is 12.8. The van der Waals surface area contributed by atoms with Crippen LogP contribution in [0.3, 0.4) is 0 Å². The summed E-state index contributed by atoms with van der Waals surface area (Å²) < 4.78 is 0. The SMILES string of the molecule is O=C(c1cccs1)N(CCc1ccccc1)Cc1ccccn1. The average molecular weight is 322 g/mol. The number of carbonyl (C=O) groups is 1. The molecule has 0 bridgehead atoms. The van der Waals surface area contributed by atoms with Crippen molar-refractivity contribution in [1.29, 1.82) is 0 Å². The average Bonchev–Trinajstić information content (AvgIpc) is 3.14. The Kier molecular flexibility index (Phi) is 5.17. The highest BCUT2D eigenvalue weighted by Gasteiger charge is 2.17. The van der Waals surface area contributed by atoms with E-state index in [4.69, 9.17) is 0 Å². The van der Waals surface area contributed by atoms with Gasteiger partial charge in [0.15, 0.2) is 0 Å². The van der Waals surface area contributed by atoms with E-state index in [1.807, 2.05) is 58.8 Å². The summed E-state index contributed by atoms with van der Waals surface area (Å²) in [6, 6.07) is 19.8. The van der Waals surface area contributed by atoms with Crippen molar-refractivity contribution in [2.75, 3.05) is 6.54 Å².